The Balaban J connectivity index is 1.55. The van der Waals surface area contributed by atoms with Crippen LogP contribution in [0.1, 0.15) is 18.1 Å². The number of morpholine rings is 1. The van der Waals surface area contributed by atoms with Crippen molar-refractivity contribution >= 4 is 5.91 Å². The second-order valence-electron chi connectivity index (χ2n) is 6.58. The topological polar surface area (TPSA) is 53.6 Å². The number of benzene rings is 1. The van der Waals surface area contributed by atoms with Crippen molar-refractivity contribution < 1.29 is 9.53 Å². The largest absolute Gasteiger partial charge is 0.379 e. The average Bonchev–Trinajstić information content (AvgIpc) is 2.53. The van der Waals surface area contributed by atoms with E-state index in [-0.39, 0.29) is 11.8 Å². The summed E-state index contributed by atoms with van der Waals surface area (Å²) in [5.41, 5.74) is 2.51. The SMILES string of the molecule is CC(C(=O)NCc1ccccc1CN1CCOCC1)C1CNC1. The number of nitrogens with zero attached hydrogens (tertiary/aromatic N) is 1. The van der Waals surface area contributed by atoms with E-state index >= 15 is 0 Å². The van der Waals surface area contributed by atoms with Crippen molar-refractivity contribution in [1.82, 2.24) is 15.5 Å². The van der Waals surface area contributed by atoms with Gasteiger partial charge in [0, 0.05) is 32.1 Å². The highest BCUT2D eigenvalue weighted by Crippen LogP contribution is 2.17. The number of carbonyl (C=O) groups is 1. The second-order valence-corrected chi connectivity index (χ2v) is 6.58. The lowest BCUT2D eigenvalue weighted by atomic mass is 9.88. The number of nitrogens with one attached hydrogen (secondary N) is 2. The second kappa shape index (κ2) is 7.90. The van der Waals surface area contributed by atoms with E-state index in [9.17, 15) is 4.79 Å². The summed E-state index contributed by atoms with van der Waals surface area (Å²) in [4.78, 5) is 14.7. The van der Waals surface area contributed by atoms with Gasteiger partial charge in [0.25, 0.3) is 0 Å². The molecule has 1 unspecified atom stereocenters. The maximum absolute atomic E-state index is 12.3. The molecule has 3 rings (SSSR count). The summed E-state index contributed by atoms with van der Waals surface area (Å²) in [5.74, 6) is 0.735. The van der Waals surface area contributed by atoms with Crippen molar-refractivity contribution in [3.05, 3.63) is 35.4 Å². The Morgan fingerprint density at radius 2 is 2.00 bits per heavy atom. The van der Waals surface area contributed by atoms with Gasteiger partial charge >= 0.3 is 0 Å². The molecule has 0 aliphatic carbocycles. The van der Waals surface area contributed by atoms with Gasteiger partial charge in [-0.1, -0.05) is 31.2 Å². The van der Waals surface area contributed by atoms with Crippen LogP contribution in [0, 0.1) is 11.8 Å². The van der Waals surface area contributed by atoms with Crippen LogP contribution in [0.25, 0.3) is 0 Å². The standard InChI is InChI=1S/C18H27N3O2/c1-14(17-10-19-11-17)18(22)20-12-15-4-2-3-5-16(15)13-21-6-8-23-9-7-21/h2-5,14,17,19H,6-13H2,1H3,(H,20,22). The maximum Gasteiger partial charge on any atom is 0.223 e. The molecule has 2 fully saturated rings. The van der Waals surface area contributed by atoms with Gasteiger partial charge in [0.1, 0.15) is 0 Å². The minimum atomic E-state index is 0.0858. The van der Waals surface area contributed by atoms with Gasteiger partial charge in [-0.25, -0.2) is 0 Å². The number of ether oxygens (including phenoxy) is 1. The molecular formula is C18H27N3O2. The van der Waals surface area contributed by atoms with Gasteiger partial charge in [-0.2, -0.15) is 0 Å². The number of rotatable bonds is 6. The Bertz CT molecular complexity index is 525. The monoisotopic (exact) mass is 317 g/mol. The summed E-state index contributed by atoms with van der Waals surface area (Å²) in [6, 6.07) is 8.40. The summed E-state index contributed by atoms with van der Waals surface area (Å²) in [5, 5.41) is 6.35. The normalized spacial score (nSPS) is 20.7. The molecule has 1 aromatic carbocycles. The molecule has 2 N–H and O–H groups in total. The van der Waals surface area contributed by atoms with E-state index in [4.69, 9.17) is 4.74 Å². The van der Waals surface area contributed by atoms with Crippen LogP contribution in [-0.2, 0) is 22.6 Å². The van der Waals surface area contributed by atoms with Crippen LogP contribution in [0.3, 0.4) is 0 Å². The van der Waals surface area contributed by atoms with Crippen molar-refractivity contribution in [2.24, 2.45) is 11.8 Å². The van der Waals surface area contributed by atoms with Crippen LogP contribution in [0.15, 0.2) is 24.3 Å². The zero-order valence-corrected chi connectivity index (χ0v) is 13.9. The number of hydrogen-bond donors (Lipinski definition) is 2. The van der Waals surface area contributed by atoms with Gasteiger partial charge in [0.2, 0.25) is 5.91 Å². The summed E-state index contributed by atoms with van der Waals surface area (Å²) in [7, 11) is 0. The van der Waals surface area contributed by atoms with Crippen molar-refractivity contribution in [1.29, 1.82) is 0 Å². The minimum absolute atomic E-state index is 0.0858. The lowest BCUT2D eigenvalue weighted by Gasteiger charge is -2.31. The molecular weight excluding hydrogens is 290 g/mol. The van der Waals surface area contributed by atoms with Crippen molar-refractivity contribution in [3.8, 4) is 0 Å². The molecule has 1 aromatic rings. The Kier molecular flexibility index (Phi) is 5.65. The third-order valence-corrected chi connectivity index (χ3v) is 5.00. The first-order valence-electron chi connectivity index (χ1n) is 8.59. The molecule has 0 aromatic heterocycles. The fraction of sp³-hybridized carbons (Fsp3) is 0.611. The van der Waals surface area contributed by atoms with Crippen molar-refractivity contribution in [2.75, 3.05) is 39.4 Å². The van der Waals surface area contributed by atoms with Gasteiger partial charge in [-0.15, -0.1) is 0 Å². The summed E-state index contributed by atoms with van der Waals surface area (Å²) in [6.45, 7) is 9.07. The smallest absolute Gasteiger partial charge is 0.223 e. The Labute approximate surface area is 138 Å². The third-order valence-electron chi connectivity index (χ3n) is 5.00. The molecule has 5 heteroatoms. The van der Waals surface area contributed by atoms with E-state index in [1.165, 1.54) is 11.1 Å². The van der Waals surface area contributed by atoms with Crippen LogP contribution < -0.4 is 10.6 Å². The Morgan fingerprint density at radius 3 is 2.65 bits per heavy atom. The third kappa shape index (κ3) is 4.31. The highest BCUT2D eigenvalue weighted by Gasteiger charge is 2.28. The zero-order chi connectivity index (χ0) is 16.1. The lowest BCUT2D eigenvalue weighted by molar-refractivity contribution is -0.126. The van der Waals surface area contributed by atoms with E-state index < -0.39 is 0 Å². The van der Waals surface area contributed by atoms with Gasteiger partial charge in [0.15, 0.2) is 0 Å². The predicted octanol–water partition coefficient (Wildman–Crippen LogP) is 0.991. The molecule has 0 spiro atoms. The Hall–Kier alpha value is -1.43. The highest BCUT2D eigenvalue weighted by atomic mass is 16.5. The van der Waals surface area contributed by atoms with Crippen LogP contribution in [-0.4, -0.2) is 50.2 Å². The van der Waals surface area contributed by atoms with Crippen LogP contribution in [0.5, 0.6) is 0 Å². The van der Waals surface area contributed by atoms with Crippen LogP contribution in [0.2, 0.25) is 0 Å². The van der Waals surface area contributed by atoms with E-state index in [0.717, 1.165) is 45.9 Å². The van der Waals surface area contributed by atoms with Crippen LogP contribution in [0.4, 0.5) is 0 Å². The van der Waals surface area contributed by atoms with Gasteiger partial charge in [-0.05, 0) is 30.1 Å². The first-order valence-corrected chi connectivity index (χ1v) is 8.59. The molecule has 2 heterocycles. The molecule has 1 atom stereocenters. The zero-order valence-electron chi connectivity index (χ0n) is 13.9. The van der Waals surface area contributed by atoms with Crippen molar-refractivity contribution in [3.63, 3.8) is 0 Å². The van der Waals surface area contributed by atoms with Crippen molar-refractivity contribution in [2.45, 2.75) is 20.0 Å². The van der Waals surface area contributed by atoms with Crippen LogP contribution >= 0.6 is 0 Å². The molecule has 0 radical (unpaired) electrons. The quantitative estimate of drug-likeness (QED) is 0.822. The first kappa shape index (κ1) is 16.4. The number of amides is 1. The molecule has 2 saturated heterocycles. The van der Waals surface area contributed by atoms with E-state index in [0.29, 0.717) is 12.5 Å². The molecule has 1 amide bonds. The molecule has 126 valence electrons. The summed E-state index contributed by atoms with van der Waals surface area (Å²) < 4.78 is 5.41. The highest BCUT2D eigenvalue weighted by molar-refractivity contribution is 5.78. The minimum Gasteiger partial charge on any atom is -0.379 e. The number of carbonyl (C=O) groups excluding carboxylic acids is 1. The molecule has 2 aliphatic rings. The van der Waals surface area contributed by atoms with E-state index in [2.05, 4.69) is 33.7 Å². The molecule has 0 saturated carbocycles. The predicted molar refractivity (Wildman–Crippen MR) is 89.9 cm³/mol. The molecule has 5 nitrogen and oxygen atoms in total. The van der Waals surface area contributed by atoms with E-state index in [1.807, 2.05) is 13.0 Å². The fourth-order valence-electron chi connectivity index (χ4n) is 3.11. The van der Waals surface area contributed by atoms with E-state index in [1.54, 1.807) is 0 Å². The molecule has 23 heavy (non-hydrogen) atoms. The summed E-state index contributed by atoms with van der Waals surface area (Å²) >= 11 is 0. The number of hydrogen-bond acceptors (Lipinski definition) is 4. The Morgan fingerprint density at radius 1 is 1.30 bits per heavy atom. The maximum atomic E-state index is 12.3. The van der Waals surface area contributed by atoms with Gasteiger partial charge < -0.3 is 15.4 Å². The van der Waals surface area contributed by atoms with Gasteiger partial charge in [0.05, 0.1) is 13.2 Å². The lowest BCUT2D eigenvalue weighted by Crippen LogP contribution is -2.49. The fourth-order valence-corrected chi connectivity index (χ4v) is 3.11. The molecule has 2 aliphatic heterocycles. The first-order chi connectivity index (χ1) is 11.2. The summed E-state index contributed by atoms with van der Waals surface area (Å²) in [6.07, 6.45) is 0. The van der Waals surface area contributed by atoms with Gasteiger partial charge in [-0.3, -0.25) is 9.69 Å². The average molecular weight is 317 g/mol. The molecule has 0 bridgehead atoms.